The monoisotopic (exact) mass is 348 g/mol. The average Bonchev–Trinajstić information content (AvgIpc) is 2.68. The molecule has 1 saturated heterocycles. The standard InChI is InChI=1S/C21H36N2O2/c1-16(24)22-20-12-10-18(11-13-20)21(25)23-14-19(15-23)17-8-6-4-2-3-5-7-9-17/h17-20H,2-15H2,1H3,(H,22,24). The van der Waals surface area contributed by atoms with E-state index < -0.39 is 0 Å². The molecule has 2 saturated carbocycles. The van der Waals surface area contributed by atoms with Gasteiger partial charge in [0.15, 0.2) is 0 Å². The minimum Gasteiger partial charge on any atom is -0.354 e. The number of rotatable bonds is 3. The van der Waals surface area contributed by atoms with Crippen molar-refractivity contribution in [1.29, 1.82) is 0 Å². The van der Waals surface area contributed by atoms with Crippen molar-refractivity contribution in [1.82, 2.24) is 10.2 Å². The van der Waals surface area contributed by atoms with Gasteiger partial charge in [0.05, 0.1) is 0 Å². The Morgan fingerprint density at radius 2 is 1.32 bits per heavy atom. The molecule has 25 heavy (non-hydrogen) atoms. The van der Waals surface area contributed by atoms with E-state index in [4.69, 9.17) is 0 Å². The van der Waals surface area contributed by atoms with Crippen LogP contribution in [0, 0.1) is 17.8 Å². The van der Waals surface area contributed by atoms with Gasteiger partial charge in [-0.3, -0.25) is 9.59 Å². The van der Waals surface area contributed by atoms with Gasteiger partial charge in [-0.15, -0.1) is 0 Å². The van der Waals surface area contributed by atoms with Crippen LogP contribution in [0.2, 0.25) is 0 Å². The maximum Gasteiger partial charge on any atom is 0.225 e. The number of hydrogen-bond donors (Lipinski definition) is 1. The van der Waals surface area contributed by atoms with Crippen LogP contribution in [0.15, 0.2) is 0 Å². The first kappa shape index (κ1) is 18.7. The number of carbonyl (C=O) groups excluding carboxylic acids is 2. The Morgan fingerprint density at radius 1 is 0.760 bits per heavy atom. The molecule has 4 nitrogen and oxygen atoms in total. The zero-order valence-electron chi connectivity index (χ0n) is 16.0. The Kier molecular flexibility index (Phi) is 6.77. The van der Waals surface area contributed by atoms with Crippen LogP contribution in [0.3, 0.4) is 0 Å². The molecule has 1 N–H and O–H groups in total. The number of carbonyl (C=O) groups is 2. The summed E-state index contributed by atoms with van der Waals surface area (Å²) in [6.45, 7) is 3.60. The van der Waals surface area contributed by atoms with Gasteiger partial charge in [0, 0.05) is 32.0 Å². The van der Waals surface area contributed by atoms with Gasteiger partial charge in [-0.2, -0.15) is 0 Å². The molecule has 0 spiro atoms. The minimum atomic E-state index is 0.0513. The lowest BCUT2D eigenvalue weighted by molar-refractivity contribution is -0.144. The summed E-state index contributed by atoms with van der Waals surface area (Å²) in [6.07, 6.45) is 15.0. The van der Waals surface area contributed by atoms with Crippen molar-refractivity contribution in [2.75, 3.05) is 13.1 Å². The Bertz CT molecular complexity index is 441. The predicted octanol–water partition coefficient (Wildman–Crippen LogP) is 3.89. The van der Waals surface area contributed by atoms with Crippen molar-refractivity contribution >= 4 is 11.8 Å². The summed E-state index contributed by atoms with van der Waals surface area (Å²) in [7, 11) is 0. The molecule has 3 rings (SSSR count). The zero-order valence-corrected chi connectivity index (χ0v) is 16.0. The van der Waals surface area contributed by atoms with Crippen LogP contribution in [0.25, 0.3) is 0 Å². The third-order valence-corrected chi connectivity index (χ3v) is 6.77. The molecule has 2 amide bonds. The zero-order chi connectivity index (χ0) is 17.6. The highest BCUT2D eigenvalue weighted by molar-refractivity contribution is 5.80. The van der Waals surface area contributed by atoms with Crippen molar-refractivity contribution < 1.29 is 9.59 Å². The molecule has 0 atom stereocenters. The van der Waals surface area contributed by atoms with Gasteiger partial charge >= 0.3 is 0 Å². The molecule has 1 aliphatic heterocycles. The summed E-state index contributed by atoms with van der Waals surface area (Å²) < 4.78 is 0. The second-order valence-electron chi connectivity index (χ2n) is 8.71. The summed E-state index contributed by atoms with van der Waals surface area (Å²) in [4.78, 5) is 26.0. The van der Waals surface area contributed by atoms with E-state index in [1.807, 2.05) is 0 Å². The number of amides is 2. The summed E-state index contributed by atoms with van der Waals surface area (Å²) >= 11 is 0. The van der Waals surface area contributed by atoms with Crippen molar-refractivity contribution in [3.63, 3.8) is 0 Å². The maximum absolute atomic E-state index is 12.8. The molecule has 1 heterocycles. The molecule has 0 aromatic carbocycles. The number of likely N-dealkylation sites (tertiary alicyclic amines) is 1. The van der Waals surface area contributed by atoms with E-state index in [2.05, 4.69) is 10.2 Å². The molecule has 142 valence electrons. The van der Waals surface area contributed by atoms with Crippen LogP contribution in [-0.2, 0) is 9.59 Å². The normalized spacial score (nSPS) is 29.9. The molecule has 2 aliphatic carbocycles. The SMILES string of the molecule is CC(=O)NC1CCC(C(=O)N2CC(C3CCCCCCCC3)C2)CC1. The average molecular weight is 349 g/mol. The van der Waals surface area contributed by atoms with E-state index in [1.165, 1.54) is 51.4 Å². The highest BCUT2D eigenvalue weighted by Gasteiger charge is 2.39. The maximum atomic E-state index is 12.8. The predicted molar refractivity (Wildman–Crippen MR) is 100 cm³/mol. The molecule has 3 aliphatic rings. The molecule has 3 fully saturated rings. The lowest BCUT2D eigenvalue weighted by atomic mass is 9.78. The van der Waals surface area contributed by atoms with E-state index in [9.17, 15) is 9.59 Å². The lowest BCUT2D eigenvalue weighted by Crippen LogP contribution is -2.55. The third kappa shape index (κ3) is 5.21. The van der Waals surface area contributed by atoms with Crippen molar-refractivity contribution in [2.24, 2.45) is 17.8 Å². The lowest BCUT2D eigenvalue weighted by Gasteiger charge is -2.45. The first-order valence-electron chi connectivity index (χ1n) is 10.7. The fourth-order valence-corrected chi connectivity index (χ4v) is 5.16. The van der Waals surface area contributed by atoms with E-state index in [-0.39, 0.29) is 17.9 Å². The Hall–Kier alpha value is -1.06. The van der Waals surface area contributed by atoms with Crippen LogP contribution in [0.4, 0.5) is 0 Å². The van der Waals surface area contributed by atoms with Crippen LogP contribution in [0.5, 0.6) is 0 Å². The van der Waals surface area contributed by atoms with Gasteiger partial charge in [0.2, 0.25) is 11.8 Å². The minimum absolute atomic E-state index is 0.0513. The van der Waals surface area contributed by atoms with Crippen LogP contribution in [0.1, 0.15) is 84.0 Å². The van der Waals surface area contributed by atoms with Crippen molar-refractivity contribution in [3.8, 4) is 0 Å². The molecular weight excluding hydrogens is 312 g/mol. The van der Waals surface area contributed by atoms with Gasteiger partial charge in [-0.25, -0.2) is 0 Å². The second-order valence-corrected chi connectivity index (χ2v) is 8.71. The highest BCUT2D eigenvalue weighted by Crippen LogP contribution is 2.35. The van der Waals surface area contributed by atoms with Crippen LogP contribution in [-0.4, -0.2) is 35.8 Å². The molecule has 4 heteroatoms. The third-order valence-electron chi connectivity index (χ3n) is 6.77. The van der Waals surface area contributed by atoms with Crippen LogP contribution >= 0.6 is 0 Å². The summed E-state index contributed by atoms with van der Waals surface area (Å²) in [5.74, 6) is 2.26. The summed E-state index contributed by atoms with van der Waals surface area (Å²) in [6, 6.07) is 0.282. The number of hydrogen-bond acceptors (Lipinski definition) is 2. The summed E-state index contributed by atoms with van der Waals surface area (Å²) in [5.41, 5.74) is 0. The number of nitrogens with one attached hydrogen (secondary N) is 1. The van der Waals surface area contributed by atoms with Crippen molar-refractivity contribution in [3.05, 3.63) is 0 Å². The van der Waals surface area contributed by atoms with Gasteiger partial charge < -0.3 is 10.2 Å². The van der Waals surface area contributed by atoms with Crippen LogP contribution < -0.4 is 5.32 Å². The molecular formula is C21H36N2O2. The summed E-state index contributed by atoms with van der Waals surface area (Å²) in [5, 5.41) is 3.00. The molecule has 0 aromatic rings. The smallest absolute Gasteiger partial charge is 0.225 e. The molecule has 0 unspecified atom stereocenters. The highest BCUT2D eigenvalue weighted by atomic mass is 16.2. The van der Waals surface area contributed by atoms with E-state index in [0.29, 0.717) is 5.91 Å². The van der Waals surface area contributed by atoms with Gasteiger partial charge in [-0.1, -0.05) is 51.4 Å². The fourth-order valence-electron chi connectivity index (χ4n) is 5.16. The van der Waals surface area contributed by atoms with Crippen molar-refractivity contribution in [2.45, 2.75) is 90.0 Å². The van der Waals surface area contributed by atoms with Gasteiger partial charge in [0.1, 0.15) is 0 Å². The second kappa shape index (κ2) is 9.05. The van der Waals surface area contributed by atoms with E-state index >= 15 is 0 Å². The Morgan fingerprint density at radius 3 is 1.88 bits per heavy atom. The molecule has 0 bridgehead atoms. The quantitative estimate of drug-likeness (QED) is 0.841. The first-order chi connectivity index (χ1) is 12.1. The number of nitrogens with zero attached hydrogens (tertiary/aromatic N) is 1. The fraction of sp³-hybridized carbons (Fsp3) is 0.905. The Labute approximate surface area is 153 Å². The molecule has 0 radical (unpaired) electrons. The topological polar surface area (TPSA) is 49.4 Å². The molecule has 0 aromatic heterocycles. The van der Waals surface area contributed by atoms with Gasteiger partial charge in [0.25, 0.3) is 0 Å². The van der Waals surface area contributed by atoms with E-state index in [0.717, 1.165) is 50.6 Å². The van der Waals surface area contributed by atoms with Gasteiger partial charge in [-0.05, 0) is 37.5 Å². The Balaban J connectivity index is 1.40. The van der Waals surface area contributed by atoms with E-state index in [1.54, 1.807) is 6.92 Å². The largest absolute Gasteiger partial charge is 0.354 e. The first-order valence-corrected chi connectivity index (χ1v) is 10.7.